The predicted molar refractivity (Wildman–Crippen MR) is 99.7 cm³/mol. The Morgan fingerprint density at radius 2 is 1.92 bits per heavy atom. The highest BCUT2D eigenvalue weighted by molar-refractivity contribution is 9.10. The molecule has 0 aliphatic heterocycles. The van der Waals surface area contributed by atoms with Crippen molar-refractivity contribution < 1.29 is 9.18 Å². The van der Waals surface area contributed by atoms with Gasteiger partial charge in [-0.05, 0) is 70.6 Å². The average Bonchev–Trinajstić information content (AvgIpc) is 2.56. The van der Waals surface area contributed by atoms with E-state index in [9.17, 15) is 9.18 Å². The molecular weight excluding hydrogens is 371 g/mol. The Labute approximate surface area is 150 Å². The molecule has 0 saturated carbocycles. The summed E-state index contributed by atoms with van der Waals surface area (Å²) in [4.78, 5) is 12.0. The number of carbonyl (C=O) groups is 1. The van der Waals surface area contributed by atoms with Crippen LogP contribution >= 0.6 is 15.9 Å². The van der Waals surface area contributed by atoms with Crippen LogP contribution in [0.25, 0.3) is 0 Å². The molecule has 0 saturated heterocycles. The number of urea groups is 1. The first-order valence-electron chi connectivity index (χ1n) is 8.08. The van der Waals surface area contributed by atoms with Crippen LogP contribution in [0.1, 0.15) is 36.5 Å². The molecule has 0 spiro atoms. The maximum Gasteiger partial charge on any atom is 0.319 e. The smallest absolute Gasteiger partial charge is 0.319 e. The molecule has 2 aromatic rings. The van der Waals surface area contributed by atoms with Crippen LogP contribution in [-0.2, 0) is 13.0 Å². The zero-order chi connectivity index (χ0) is 17.5. The number of nitrogens with one attached hydrogen (secondary N) is 2. The van der Waals surface area contributed by atoms with Crippen molar-refractivity contribution in [3.05, 3.63) is 63.4 Å². The first-order valence-corrected chi connectivity index (χ1v) is 8.87. The number of amides is 2. The summed E-state index contributed by atoms with van der Waals surface area (Å²) >= 11 is 3.14. The number of rotatable bonds is 6. The van der Waals surface area contributed by atoms with Gasteiger partial charge >= 0.3 is 6.03 Å². The summed E-state index contributed by atoms with van der Waals surface area (Å²) in [6, 6.07) is 10.5. The third-order valence-electron chi connectivity index (χ3n) is 3.80. The summed E-state index contributed by atoms with van der Waals surface area (Å²) in [6.07, 6.45) is 3.39. The highest BCUT2D eigenvalue weighted by Crippen LogP contribution is 2.19. The topological polar surface area (TPSA) is 41.1 Å². The molecule has 2 rings (SSSR count). The molecule has 0 aromatic heterocycles. The van der Waals surface area contributed by atoms with Crippen molar-refractivity contribution in [3.8, 4) is 0 Å². The second-order valence-electron chi connectivity index (χ2n) is 5.81. The van der Waals surface area contributed by atoms with Gasteiger partial charge in [0.15, 0.2) is 0 Å². The standard InChI is InChI=1S/C19H22BrFN2O/c1-3-4-5-14-7-9-18(13(2)10-14)23-19(24)22-12-15-6-8-17(21)16(20)11-15/h6-11H,3-5,12H2,1-2H3,(H2,22,23,24). The first-order chi connectivity index (χ1) is 11.5. The van der Waals surface area contributed by atoms with Crippen molar-refractivity contribution in [2.75, 3.05) is 5.32 Å². The molecule has 0 aliphatic carbocycles. The van der Waals surface area contributed by atoms with Crippen LogP contribution in [0.2, 0.25) is 0 Å². The molecule has 0 radical (unpaired) electrons. The Bertz CT molecular complexity index is 719. The second kappa shape index (κ2) is 8.83. The second-order valence-corrected chi connectivity index (χ2v) is 6.66. The predicted octanol–water partition coefficient (Wildman–Crippen LogP) is 5.56. The lowest BCUT2D eigenvalue weighted by molar-refractivity contribution is 0.251. The van der Waals surface area contributed by atoms with Crippen molar-refractivity contribution in [2.24, 2.45) is 0 Å². The van der Waals surface area contributed by atoms with E-state index in [1.807, 2.05) is 13.0 Å². The molecule has 0 aliphatic rings. The van der Waals surface area contributed by atoms with E-state index in [1.54, 1.807) is 12.1 Å². The van der Waals surface area contributed by atoms with E-state index in [4.69, 9.17) is 0 Å². The number of aryl methyl sites for hydroxylation is 2. The third kappa shape index (κ3) is 5.34. The average molecular weight is 393 g/mol. The first kappa shape index (κ1) is 18.5. The number of hydrogen-bond donors (Lipinski definition) is 2. The van der Waals surface area contributed by atoms with Crippen LogP contribution in [-0.4, -0.2) is 6.03 Å². The Hall–Kier alpha value is -1.88. The van der Waals surface area contributed by atoms with E-state index >= 15 is 0 Å². The Morgan fingerprint density at radius 1 is 1.17 bits per heavy atom. The van der Waals surface area contributed by atoms with Crippen LogP contribution in [0.15, 0.2) is 40.9 Å². The number of unbranched alkanes of at least 4 members (excludes halogenated alkanes) is 1. The lowest BCUT2D eigenvalue weighted by Crippen LogP contribution is -2.28. The fraction of sp³-hybridized carbons (Fsp3) is 0.316. The van der Waals surface area contributed by atoms with Gasteiger partial charge in [-0.2, -0.15) is 0 Å². The third-order valence-corrected chi connectivity index (χ3v) is 4.40. The quantitative estimate of drug-likeness (QED) is 0.663. The molecule has 0 unspecified atom stereocenters. The molecular formula is C19H22BrFN2O. The van der Waals surface area contributed by atoms with Crippen molar-refractivity contribution >= 4 is 27.6 Å². The summed E-state index contributed by atoms with van der Waals surface area (Å²) in [5.41, 5.74) is 3.96. The van der Waals surface area contributed by atoms with Gasteiger partial charge in [0, 0.05) is 12.2 Å². The maximum atomic E-state index is 13.2. The van der Waals surface area contributed by atoms with E-state index in [0.29, 0.717) is 11.0 Å². The van der Waals surface area contributed by atoms with Crippen molar-refractivity contribution in [2.45, 2.75) is 39.7 Å². The van der Waals surface area contributed by atoms with Gasteiger partial charge in [-0.3, -0.25) is 0 Å². The van der Waals surface area contributed by atoms with E-state index in [1.165, 1.54) is 24.5 Å². The van der Waals surface area contributed by atoms with E-state index in [-0.39, 0.29) is 11.8 Å². The van der Waals surface area contributed by atoms with Crippen LogP contribution < -0.4 is 10.6 Å². The number of halogens is 2. The normalized spacial score (nSPS) is 10.5. The Morgan fingerprint density at radius 3 is 2.58 bits per heavy atom. The van der Waals surface area contributed by atoms with Gasteiger partial charge in [-0.1, -0.05) is 31.5 Å². The molecule has 2 N–H and O–H groups in total. The molecule has 2 amide bonds. The van der Waals surface area contributed by atoms with Gasteiger partial charge in [-0.25, -0.2) is 9.18 Å². The minimum Gasteiger partial charge on any atom is -0.334 e. The van der Waals surface area contributed by atoms with Gasteiger partial charge < -0.3 is 10.6 Å². The maximum absolute atomic E-state index is 13.2. The lowest BCUT2D eigenvalue weighted by atomic mass is 10.0. The number of benzene rings is 2. The zero-order valence-electron chi connectivity index (χ0n) is 14.0. The molecule has 0 bridgehead atoms. The van der Waals surface area contributed by atoms with E-state index < -0.39 is 0 Å². The van der Waals surface area contributed by atoms with Crippen LogP contribution in [0.4, 0.5) is 14.9 Å². The van der Waals surface area contributed by atoms with Gasteiger partial charge in [0.05, 0.1) is 4.47 Å². The van der Waals surface area contributed by atoms with Gasteiger partial charge in [0.1, 0.15) is 5.82 Å². The highest BCUT2D eigenvalue weighted by Gasteiger charge is 2.06. The largest absolute Gasteiger partial charge is 0.334 e. The van der Waals surface area contributed by atoms with Crippen LogP contribution in [0.5, 0.6) is 0 Å². The molecule has 0 atom stereocenters. The summed E-state index contributed by atoms with van der Waals surface area (Å²) in [5.74, 6) is -0.318. The Balaban J connectivity index is 1.90. The van der Waals surface area contributed by atoms with E-state index in [0.717, 1.165) is 23.2 Å². The van der Waals surface area contributed by atoms with Gasteiger partial charge in [-0.15, -0.1) is 0 Å². The molecule has 5 heteroatoms. The fourth-order valence-corrected chi connectivity index (χ4v) is 2.83. The van der Waals surface area contributed by atoms with Crippen molar-refractivity contribution in [1.29, 1.82) is 0 Å². The number of carbonyl (C=O) groups excluding carboxylic acids is 1. The number of anilines is 1. The lowest BCUT2D eigenvalue weighted by Gasteiger charge is -2.11. The summed E-state index contributed by atoms with van der Waals surface area (Å²) < 4.78 is 13.6. The minimum absolute atomic E-state index is 0.278. The summed E-state index contributed by atoms with van der Waals surface area (Å²) in [7, 11) is 0. The van der Waals surface area contributed by atoms with Crippen LogP contribution in [0, 0.1) is 12.7 Å². The van der Waals surface area contributed by atoms with Gasteiger partial charge in [0.2, 0.25) is 0 Å². The highest BCUT2D eigenvalue weighted by atomic mass is 79.9. The molecule has 128 valence electrons. The molecule has 24 heavy (non-hydrogen) atoms. The molecule has 0 fully saturated rings. The zero-order valence-corrected chi connectivity index (χ0v) is 15.5. The van der Waals surface area contributed by atoms with E-state index in [2.05, 4.69) is 45.6 Å². The monoisotopic (exact) mass is 392 g/mol. The molecule has 0 heterocycles. The Kier molecular flexibility index (Phi) is 6.79. The number of hydrogen-bond acceptors (Lipinski definition) is 1. The van der Waals surface area contributed by atoms with Crippen molar-refractivity contribution in [3.63, 3.8) is 0 Å². The van der Waals surface area contributed by atoms with Crippen molar-refractivity contribution in [1.82, 2.24) is 5.32 Å². The van der Waals surface area contributed by atoms with Crippen LogP contribution in [0.3, 0.4) is 0 Å². The SMILES string of the molecule is CCCCc1ccc(NC(=O)NCc2ccc(F)c(Br)c2)c(C)c1. The molecule has 2 aromatic carbocycles. The minimum atomic E-state index is -0.318. The summed E-state index contributed by atoms with van der Waals surface area (Å²) in [6.45, 7) is 4.49. The summed E-state index contributed by atoms with van der Waals surface area (Å²) in [5, 5.41) is 5.63. The fourth-order valence-electron chi connectivity index (χ4n) is 2.40. The van der Waals surface area contributed by atoms with Gasteiger partial charge in [0.25, 0.3) is 0 Å². The molecule has 3 nitrogen and oxygen atoms in total.